The average molecular weight is 421 g/mol. The number of rotatable bonds is 7. The van der Waals surface area contributed by atoms with E-state index in [1.165, 1.54) is 18.2 Å². The molecule has 0 radical (unpaired) electrons. The quantitative estimate of drug-likeness (QED) is 0.608. The third-order valence-electron chi connectivity index (χ3n) is 4.56. The number of benzene rings is 2. The number of anilines is 2. The number of furan rings is 1. The zero-order valence-electron chi connectivity index (χ0n) is 17.5. The Bertz CT molecular complexity index is 1090. The number of hydrogen-bond acceptors (Lipinski definition) is 5. The first-order valence-corrected chi connectivity index (χ1v) is 9.52. The van der Waals surface area contributed by atoms with Crippen LogP contribution in [0, 0.1) is 6.92 Å². The van der Waals surface area contributed by atoms with Crippen molar-refractivity contribution in [3.05, 3.63) is 77.7 Å². The summed E-state index contributed by atoms with van der Waals surface area (Å²) in [5.74, 6) is -0.325. The Labute approximate surface area is 179 Å². The van der Waals surface area contributed by atoms with Crippen molar-refractivity contribution in [3.8, 4) is 5.75 Å². The second-order valence-corrected chi connectivity index (χ2v) is 6.90. The van der Waals surface area contributed by atoms with Gasteiger partial charge in [0.25, 0.3) is 11.8 Å². The van der Waals surface area contributed by atoms with Gasteiger partial charge in [0.2, 0.25) is 5.91 Å². The van der Waals surface area contributed by atoms with Crippen LogP contribution < -0.4 is 15.4 Å². The number of nitrogens with zero attached hydrogens (tertiary/aromatic N) is 1. The van der Waals surface area contributed by atoms with E-state index in [0.29, 0.717) is 22.7 Å². The maximum absolute atomic E-state index is 12.8. The van der Waals surface area contributed by atoms with E-state index in [0.717, 1.165) is 5.56 Å². The molecule has 2 aromatic carbocycles. The van der Waals surface area contributed by atoms with Crippen molar-refractivity contribution in [3.63, 3.8) is 0 Å². The molecule has 0 saturated carbocycles. The maximum Gasteiger partial charge on any atom is 0.291 e. The van der Waals surface area contributed by atoms with Gasteiger partial charge in [-0.05, 0) is 48.9 Å². The number of carbonyl (C=O) groups is 3. The summed E-state index contributed by atoms with van der Waals surface area (Å²) in [5, 5.41) is 5.47. The Kier molecular flexibility index (Phi) is 6.71. The summed E-state index contributed by atoms with van der Waals surface area (Å²) in [6.45, 7) is 1.68. The first kappa shape index (κ1) is 21.6. The Balaban J connectivity index is 1.65. The number of methoxy groups -OCH3 is 1. The number of hydrogen-bond donors (Lipinski definition) is 2. The Morgan fingerprint density at radius 3 is 2.55 bits per heavy atom. The minimum atomic E-state index is -0.413. The zero-order chi connectivity index (χ0) is 22.4. The Morgan fingerprint density at radius 1 is 1.03 bits per heavy atom. The van der Waals surface area contributed by atoms with Gasteiger partial charge in [-0.3, -0.25) is 14.4 Å². The summed E-state index contributed by atoms with van der Waals surface area (Å²) in [5.41, 5.74) is 2.19. The smallest absolute Gasteiger partial charge is 0.291 e. The van der Waals surface area contributed by atoms with E-state index in [9.17, 15) is 14.4 Å². The molecule has 31 heavy (non-hydrogen) atoms. The first-order chi connectivity index (χ1) is 14.9. The Hall–Kier alpha value is -4.07. The zero-order valence-corrected chi connectivity index (χ0v) is 17.5. The van der Waals surface area contributed by atoms with Gasteiger partial charge in [-0.2, -0.15) is 0 Å². The molecule has 3 aromatic rings. The molecule has 1 heterocycles. The fourth-order valence-electron chi connectivity index (χ4n) is 2.89. The molecule has 0 saturated heterocycles. The van der Waals surface area contributed by atoms with Crippen molar-refractivity contribution >= 4 is 29.1 Å². The van der Waals surface area contributed by atoms with Crippen LogP contribution in [-0.2, 0) is 4.79 Å². The predicted molar refractivity (Wildman–Crippen MR) is 116 cm³/mol. The van der Waals surface area contributed by atoms with Crippen LogP contribution >= 0.6 is 0 Å². The van der Waals surface area contributed by atoms with E-state index in [2.05, 4.69) is 10.6 Å². The fraction of sp³-hybridized carbons (Fsp3) is 0.174. The van der Waals surface area contributed by atoms with Gasteiger partial charge >= 0.3 is 0 Å². The van der Waals surface area contributed by atoms with Crippen LogP contribution in [0.2, 0.25) is 0 Å². The van der Waals surface area contributed by atoms with E-state index >= 15 is 0 Å². The molecule has 2 N–H and O–H groups in total. The van der Waals surface area contributed by atoms with Gasteiger partial charge in [-0.25, -0.2) is 0 Å². The molecule has 0 bridgehead atoms. The number of likely N-dealkylation sites (N-methyl/N-ethyl adjacent to an activating group) is 1. The molecule has 0 atom stereocenters. The standard InChI is InChI=1S/C23H23N3O5/c1-15-9-10-16(12-19(15)25-22(28)20-8-5-11-31-20)23(29)26(2)14-21(27)24-17-6-4-7-18(13-17)30-3/h4-13H,14H2,1-3H3,(H,24,27)(H,25,28). The predicted octanol–water partition coefficient (Wildman–Crippen LogP) is 3.56. The molecule has 160 valence electrons. The van der Waals surface area contributed by atoms with Gasteiger partial charge in [-0.1, -0.05) is 12.1 Å². The molecule has 3 rings (SSSR count). The van der Waals surface area contributed by atoms with Crippen molar-refractivity contribution in [1.29, 1.82) is 0 Å². The summed E-state index contributed by atoms with van der Waals surface area (Å²) < 4.78 is 10.2. The second-order valence-electron chi connectivity index (χ2n) is 6.90. The molecule has 0 fully saturated rings. The van der Waals surface area contributed by atoms with Crippen LogP contribution in [0.15, 0.2) is 65.3 Å². The molecular weight excluding hydrogens is 398 g/mol. The van der Waals surface area contributed by atoms with Crippen LogP contribution in [0.3, 0.4) is 0 Å². The molecule has 0 aliphatic carbocycles. The fourth-order valence-corrected chi connectivity index (χ4v) is 2.89. The third kappa shape index (κ3) is 5.51. The minimum absolute atomic E-state index is 0.141. The third-order valence-corrected chi connectivity index (χ3v) is 4.56. The molecule has 0 unspecified atom stereocenters. The van der Waals surface area contributed by atoms with Crippen LogP contribution in [0.1, 0.15) is 26.5 Å². The van der Waals surface area contributed by atoms with Gasteiger partial charge in [0.1, 0.15) is 5.75 Å². The van der Waals surface area contributed by atoms with Crippen LogP contribution in [0.5, 0.6) is 5.75 Å². The maximum atomic E-state index is 12.8. The number of ether oxygens (including phenoxy) is 1. The highest BCUT2D eigenvalue weighted by Crippen LogP contribution is 2.20. The average Bonchev–Trinajstić information content (AvgIpc) is 3.30. The van der Waals surface area contributed by atoms with Crippen molar-refractivity contribution < 1.29 is 23.5 Å². The lowest BCUT2D eigenvalue weighted by Gasteiger charge is -2.18. The largest absolute Gasteiger partial charge is 0.497 e. The highest BCUT2D eigenvalue weighted by molar-refractivity contribution is 6.04. The lowest BCUT2D eigenvalue weighted by molar-refractivity contribution is -0.116. The van der Waals surface area contributed by atoms with Crippen molar-refractivity contribution in [1.82, 2.24) is 4.90 Å². The van der Waals surface area contributed by atoms with Gasteiger partial charge in [-0.15, -0.1) is 0 Å². The molecule has 0 spiro atoms. The molecular formula is C23H23N3O5. The van der Waals surface area contributed by atoms with Gasteiger partial charge < -0.3 is 24.7 Å². The first-order valence-electron chi connectivity index (χ1n) is 9.52. The summed E-state index contributed by atoms with van der Waals surface area (Å²) in [4.78, 5) is 38.7. The van der Waals surface area contributed by atoms with Crippen molar-refractivity contribution in [2.75, 3.05) is 31.3 Å². The van der Waals surface area contributed by atoms with Gasteiger partial charge in [0.05, 0.1) is 19.9 Å². The van der Waals surface area contributed by atoms with E-state index in [4.69, 9.17) is 9.15 Å². The normalized spacial score (nSPS) is 10.3. The summed E-state index contributed by atoms with van der Waals surface area (Å²) in [6.07, 6.45) is 1.41. The second kappa shape index (κ2) is 9.62. The van der Waals surface area contributed by atoms with Gasteiger partial charge in [0.15, 0.2) is 5.76 Å². The molecule has 8 heteroatoms. The van der Waals surface area contributed by atoms with Crippen LogP contribution in [0.4, 0.5) is 11.4 Å². The summed E-state index contributed by atoms with van der Waals surface area (Å²) in [7, 11) is 3.08. The van der Waals surface area contributed by atoms with Crippen LogP contribution in [0.25, 0.3) is 0 Å². The summed E-state index contributed by atoms with van der Waals surface area (Å²) in [6, 6.07) is 15.1. The van der Waals surface area contributed by atoms with E-state index in [1.807, 2.05) is 6.92 Å². The molecule has 8 nitrogen and oxygen atoms in total. The number of carbonyl (C=O) groups excluding carboxylic acids is 3. The minimum Gasteiger partial charge on any atom is -0.497 e. The summed E-state index contributed by atoms with van der Waals surface area (Å²) >= 11 is 0. The van der Waals surface area contributed by atoms with E-state index in [-0.39, 0.29) is 24.1 Å². The van der Waals surface area contributed by atoms with Crippen molar-refractivity contribution in [2.24, 2.45) is 0 Å². The Morgan fingerprint density at radius 2 is 1.84 bits per heavy atom. The van der Waals surface area contributed by atoms with E-state index < -0.39 is 5.91 Å². The number of amides is 3. The SMILES string of the molecule is COc1cccc(NC(=O)CN(C)C(=O)c2ccc(C)c(NC(=O)c3ccco3)c2)c1. The van der Waals surface area contributed by atoms with Gasteiger partial charge in [0, 0.05) is 30.1 Å². The lowest BCUT2D eigenvalue weighted by Crippen LogP contribution is -2.35. The molecule has 1 aromatic heterocycles. The number of aryl methyl sites for hydroxylation is 1. The molecule has 0 aliphatic rings. The molecule has 0 aliphatic heterocycles. The number of nitrogens with one attached hydrogen (secondary N) is 2. The van der Waals surface area contributed by atoms with Crippen molar-refractivity contribution in [2.45, 2.75) is 6.92 Å². The highest BCUT2D eigenvalue weighted by Gasteiger charge is 2.17. The highest BCUT2D eigenvalue weighted by atomic mass is 16.5. The van der Waals surface area contributed by atoms with Crippen LogP contribution in [-0.4, -0.2) is 43.3 Å². The van der Waals surface area contributed by atoms with E-state index in [1.54, 1.807) is 61.7 Å². The topological polar surface area (TPSA) is 101 Å². The molecule has 3 amide bonds. The monoisotopic (exact) mass is 421 g/mol. The lowest BCUT2D eigenvalue weighted by atomic mass is 10.1.